The van der Waals surface area contributed by atoms with Crippen molar-refractivity contribution in [2.75, 3.05) is 16.8 Å². The number of nitrogens with one attached hydrogen (secondary N) is 3. The van der Waals surface area contributed by atoms with Gasteiger partial charge in [-0.3, -0.25) is 9.59 Å². The van der Waals surface area contributed by atoms with Gasteiger partial charge in [0.05, 0.1) is 0 Å². The Morgan fingerprint density at radius 1 is 0.833 bits per heavy atom. The summed E-state index contributed by atoms with van der Waals surface area (Å²) >= 11 is 0. The maximum atomic E-state index is 13.3. The molecular weight excluding hydrogens is 452 g/mol. The van der Waals surface area contributed by atoms with Crippen molar-refractivity contribution in [3.05, 3.63) is 95.6 Å². The largest absolute Gasteiger partial charge is 0.334 e. The van der Waals surface area contributed by atoms with Crippen LogP contribution in [0, 0.1) is 0 Å². The Kier molecular flexibility index (Phi) is 6.71. The monoisotopic (exact) mass is 482 g/mol. The highest BCUT2D eigenvalue weighted by atomic mass is 16.2. The zero-order valence-electron chi connectivity index (χ0n) is 20.1. The summed E-state index contributed by atoms with van der Waals surface area (Å²) in [5.74, 6) is -0.288. The number of hydrogen-bond donors (Lipinski definition) is 3. The van der Waals surface area contributed by atoms with Crippen LogP contribution in [0.5, 0.6) is 0 Å². The minimum atomic E-state index is -0.950. The first-order valence-electron chi connectivity index (χ1n) is 12.5. The fourth-order valence-electron chi connectivity index (χ4n) is 5.08. The van der Waals surface area contributed by atoms with Gasteiger partial charge < -0.3 is 20.9 Å². The number of benzene rings is 3. The molecule has 1 saturated carbocycles. The number of hydrogen-bond acceptors (Lipinski definition) is 3. The third-order valence-electron chi connectivity index (χ3n) is 7.06. The van der Waals surface area contributed by atoms with E-state index in [1.807, 2.05) is 48.5 Å². The normalized spacial score (nSPS) is 15.7. The molecule has 1 aliphatic carbocycles. The van der Waals surface area contributed by atoms with Gasteiger partial charge in [-0.1, -0.05) is 61.4 Å². The lowest BCUT2D eigenvalue weighted by atomic mass is 9.96. The van der Waals surface area contributed by atoms with Gasteiger partial charge in [0.25, 0.3) is 5.91 Å². The summed E-state index contributed by atoms with van der Waals surface area (Å²) in [7, 11) is 0. The SMILES string of the molecule is O=C(NCc1ccccc1)NC1(C(=O)Nc2ccc(C(=O)N3CCc4ccccc43)cc2)CCCC1. The molecule has 7 nitrogen and oxygen atoms in total. The van der Waals surface area contributed by atoms with Crippen molar-refractivity contribution in [2.45, 2.75) is 44.2 Å². The second kappa shape index (κ2) is 10.2. The summed E-state index contributed by atoms with van der Waals surface area (Å²) in [6, 6.07) is 24.2. The van der Waals surface area contributed by atoms with E-state index < -0.39 is 5.54 Å². The lowest BCUT2D eigenvalue weighted by Gasteiger charge is -2.29. The van der Waals surface area contributed by atoms with Crippen molar-refractivity contribution < 1.29 is 14.4 Å². The first-order valence-corrected chi connectivity index (χ1v) is 12.5. The number of urea groups is 1. The third kappa shape index (κ3) is 4.96. The van der Waals surface area contributed by atoms with Crippen LogP contribution in [-0.2, 0) is 17.8 Å². The molecule has 184 valence electrons. The van der Waals surface area contributed by atoms with E-state index in [1.165, 1.54) is 5.56 Å². The van der Waals surface area contributed by atoms with E-state index in [9.17, 15) is 14.4 Å². The maximum Gasteiger partial charge on any atom is 0.315 e. The fourth-order valence-corrected chi connectivity index (χ4v) is 5.08. The predicted molar refractivity (Wildman–Crippen MR) is 140 cm³/mol. The highest BCUT2D eigenvalue weighted by molar-refractivity contribution is 6.08. The summed E-state index contributed by atoms with van der Waals surface area (Å²) in [6.07, 6.45) is 3.77. The summed E-state index contributed by atoms with van der Waals surface area (Å²) in [5, 5.41) is 8.74. The quantitative estimate of drug-likeness (QED) is 0.478. The average molecular weight is 483 g/mol. The number of para-hydroxylation sites is 1. The van der Waals surface area contributed by atoms with E-state index in [0.717, 1.165) is 30.5 Å². The van der Waals surface area contributed by atoms with Crippen molar-refractivity contribution >= 4 is 29.2 Å². The van der Waals surface area contributed by atoms with Crippen LogP contribution in [0.2, 0.25) is 0 Å². The van der Waals surface area contributed by atoms with Gasteiger partial charge in [0.2, 0.25) is 5.91 Å². The van der Waals surface area contributed by atoms with Crippen LogP contribution in [0.4, 0.5) is 16.2 Å². The van der Waals surface area contributed by atoms with Gasteiger partial charge in [0.15, 0.2) is 0 Å². The van der Waals surface area contributed by atoms with E-state index in [1.54, 1.807) is 29.2 Å². The molecular formula is C29H30N4O3. The molecule has 0 bridgehead atoms. The molecule has 1 fully saturated rings. The molecule has 1 heterocycles. The molecule has 3 N–H and O–H groups in total. The van der Waals surface area contributed by atoms with Crippen LogP contribution < -0.4 is 20.9 Å². The molecule has 7 heteroatoms. The van der Waals surface area contributed by atoms with E-state index >= 15 is 0 Å². The van der Waals surface area contributed by atoms with Gasteiger partial charge in [-0.25, -0.2) is 4.79 Å². The Balaban J connectivity index is 1.21. The summed E-state index contributed by atoms with van der Waals surface area (Å²) in [6.45, 7) is 1.05. The maximum absolute atomic E-state index is 13.3. The van der Waals surface area contributed by atoms with Gasteiger partial charge in [-0.05, 0) is 60.7 Å². The highest BCUT2D eigenvalue weighted by Crippen LogP contribution is 2.32. The van der Waals surface area contributed by atoms with Crippen molar-refractivity contribution in [2.24, 2.45) is 0 Å². The Morgan fingerprint density at radius 3 is 2.28 bits per heavy atom. The van der Waals surface area contributed by atoms with Crippen LogP contribution in [0.3, 0.4) is 0 Å². The molecule has 4 amide bonds. The minimum Gasteiger partial charge on any atom is -0.334 e. The second-order valence-corrected chi connectivity index (χ2v) is 9.45. The Hall–Kier alpha value is -4.13. The van der Waals surface area contributed by atoms with Crippen molar-refractivity contribution in [1.29, 1.82) is 0 Å². The van der Waals surface area contributed by atoms with Crippen molar-refractivity contribution in [3.63, 3.8) is 0 Å². The topological polar surface area (TPSA) is 90.5 Å². The van der Waals surface area contributed by atoms with Gasteiger partial charge in [-0.2, -0.15) is 0 Å². The third-order valence-corrected chi connectivity index (χ3v) is 7.06. The number of carbonyl (C=O) groups is 3. The van der Waals surface area contributed by atoms with Gasteiger partial charge in [0.1, 0.15) is 5.54 Å². The van der Waals surface area contributed by atoms with Gasteiger partial charge in [0, 0.05) is 30.0 Å². The number of anilines is 2. The van der Waals surface area contributed by atoms with E-state index in [-0.39, 0.29) is 17.8 Å². The molecule has 3 aromatic rings. The van der Waals surface area contributed by atoms with Crippen LogP contribution in [-0.4, -0.2) is 29.9 Å². The Labute approximate surface area is 210 Å². The summed E-state index contributed by atoms with van der Waals surface area (Å²) in [4.78, 5) is 40.8. The number of amides is 4. The summed E-state index contributed by atoms with van der Waals surface area (Å²) < 4.78 is 0. The zero-order chi connectivity index (χ0) is 25.0. The molecule has 0 aromatic heterocycles. The predicted octanol–water partition coefficient (Wildman–Crippen LogP) is 4.64. The smallest absolute Gasteiger partial charge is 0.315 e. The highest BCUT2D eigenvalue weighted by Gasteiger charge is 2.42. The molecule has 36 heavy (non-hydrogen) atoms. The molecule has 5 rings (SSSR count). The van der Waals surface area contributed by atoms with Gasteiger partial charge >= 0.3 is 6.03 Å². The molecule has 2 aliphatic rings. The van der Waals surface area contributed by atoms with Crippen LogP contribution in [0.25, 0.3) is 0 Å². The van der Waals surface area contributed by atoms with Crippen LogP contribution >= 0.6 is 0 Å². The zero-order valence-corrected chi connectivity index (χ0v) is 20.1. The van der Waals surface area contributed by atoms with Crippen molar-refractivity contribution in [1.82, 2.24) is 10.6 Å². The molecule has 1 aliphatic heterocycles. The molecule has 0 radical (unpaired) electrons. The van der Waals surface area contributed by atoms with Crippen LogP contribution in [0.15, 0.2) is 78.9 Å². The molecule has 3 aromatic carbocycles. The van der Waals surface area contributed by atoms with Crippen molar-refractivity contribution in [3.8, 4) is 0 Å². The Morgan fingerprint density at radius 2 is 1.53 bits per heavy atom. The number of fused-ring (bicyclic) bond motifs is 1. The Bertz CT molecular complexity index is 1250. The standard InChI is InChI=1S/C29H30N4O3/c34-26(33-19-16-22-10-4-5-11-25(22)33)23-12-14-24(15-13-23)31-27(35)29(17-6-7-18-29)32-28(36)30-20-21-8-2-1-3-9-21/h1-5,8-15H,6-7,16-20H2,(H,31,35)(H2,30,32,36). The molecule has 0 atom stereocenters. The number of nitrogens with zero attached hydrogens (tertiary/aromatic N) is 1. The van der Waals surface area contributed by atoms with Gasteiger partial charge in [-0.15, -0.1) is 0 Å². The number of rotatable bonds is 6. The second-order valence-electron chi connectivity index (χ2n) is 9.45. The van der Waals surface area contributed by atoms with E-state index in [4.69, 9.17) is 0 Å². The minimum absolute atomic E-state index is 0.0538. The van der Waals surface area contributed by atoms with E-state index in [0.29, 0.717) is 37.2 Å². The van der Waals surface area contributed by atoms with Crippen LogP contribution in [0.1, 0.15) is 47.2 Å². The summed E-state index contributed by atoms with van der Waals surface area (Å²) in [5.41, 5.74) is 3.34. The first kappa shape index (κ1) is 23.6. The average Bonchev–Trinajstić information content (AvgIpc) is 3.56. The molecule has 0 unspecified atom stereocenters. The molecule has 0 spiro atoms. The fraction of sp³-hybridized carbons (Fsp3) is 0.276. The lowest BCUT2D eigenvalue weighted by molar-refractivity contribution is -0.121. The van der Waals surface area contributed by atoms with E-state index in [2.05, 4.69) is 22.0 Å². The number of carbonyl (C=O) groups excluding carboxylic acids is 3. The lowest BCUT2D eigenvalue weighted by Crippen LogP contribution is -2.57. The molecule has 0 saturated heterocycles. The first-order chi connectivity index (χ1) is 17.5.